The third-order valence-corrected chi connectivity index (χ3v) is 3.43. The molecule has 0 bridgehead atoms. The normalized spacial score (nSPS) is 11.0. The van der Waals surface area contributed by atoms with Gasteiger partial charge in [-0.25, -0.2) is 4.39 Å². The summed E-state index contributed by atoms with van der Waals surface area (Å²) in [7, 11) is 3.56. The summed E-state index contributed by atoms with van der Waals surface area (Å²) >= 11 is 0. The third kappa shape index (κ3) is 7.49. The monoisotopic (exact) mass is 355 g/mol. The first kappa shape index (κ1) is 22.8. The molecule has 0 aromatic heterocycles. The molecule has 1 atom stereocenters. The second-order valence-electron chi connectivity index (χ2n) is 5.03. The number of hydrogen-bond donors (Lipinski definition) is 3. The van der Waals surface area contributed by atoms with Crippen LogP contribution < -0.4 is 20.9 Å². The standard InChI is InChI=1S/C15H24FN5O2.C2H6/c1-19-5-6-21(10-18)15-4-3-12(7-14(15)16)20(2)9-13(8-17)23-11-22;1-2/h3-4,7,10-11,13,18-19H,5-6,8-9,17H2,1-2H3;1-2H3. The molecule has 8 heteroatoms. The molecule has 0 fully saturated rings. The van der Waals surface area contributed by atoms with Gasteiger partial charge in [-0.15, -0.1) is 0 Å². The highest BCUT2D eigenvalue weighted by molar-refractivity contribution is 5.78. The van der Waals surface area contributed by atoms with Crippen LogP contribution in [-0.2, 0) is 9.53 Å². The van der Waals surface area contributed by atoms with E-state index in [1.54, 1.807) is 31.1 Å². The number of carbonyl (C=O) groups is 1. The molecule has 4 N–H and O–H groups in total. The quantitative estimate of drug-likeness (QED) is 0.316. The number of nitrogens with zero attached hydrogens (tertiary/aromatic N) is 2. The van der Waals surface area contributed by atoms with Gasteiger partial charge in [0, 0.05) is 32.4 Å². The molecule has 0 radical (unpaired) electrons. The topological polar surface area (TPSA) is 94.7 Å². The summed E-state index contributed by atoms with van der Waals surface area (Å²) in [6, 6.07) is 4.77. The number of ether oxygens (including phenoxy) is 1. The number of anilines is 2. The SMILES string of the molecule is CC.CNCCN(C=N)c1ccc(N(C)CC(CN)OC=O)cc1F. The van der Waals surface area contributed by atoms with Crippen molar-refractivity contribution in [1.82, 2.24) is 5.32 Å². The number of benzene rings is 1. The van der Waals surface area contributed by atoms with Gasteiger partial charge in [-0.1, -0.05) is 13.8 Å². The predicted molar refractivity (Wildman–Crippen MR) is 101 cm³/mol. The van der Waals surface area contributed by atoms with Crippen LogP contribution in [0.5, 0.6) is 0 Å². The van der Waals surface area contributed by atoms with E-state index in [0.29, 0.717) is 37.5 Å². The summed E-state index contributed by atoms with van der Waals surface area (Å²) in [6.45, 7) is 6.04. The van der Waals surface area contributed by atoms with Crippen molar-refractivity contribution in [2.24, 2.45) is 5.73 Å². The van der Waals surface area contributed by atoms with Crippen LogP contribution in [0.1, 0.15) is 13.8 Å². The van der Waals surface area contributed by atoms with Crippen molar-refractivity contribution in [2.75, 3.05) is 50.1 Å². The van der Waals surface area contributed by atoms with Gasteiger partial charge in [-0.05, 0) is 25.2 Å². The van der Waals surface area contributed by atoms with Crippen LogP contribution in [0.25, 0.3) is 0 Å². The Kier molecular flexibility index (Phi) is 12.0. The minimum Gasteiger partial charge on any atom is -0.461 e. The highest BCUT2D eigenvalue weighted by Crippen LogP contribution is 2.24. The predicted octanol–water partition coefficient (Wildman–Crippen LogP) is 1.42. The molecule has 0 saturated heterocycles. The van der Waals surface area contributed by atoms with Crippen molar-refractivity contribution >= 4 is 24.2 Å². The lowest BCUT2D eigenvalue weighted by atomic mass is 10.2. The van der Waals surface area contributed by atoms with Gasteiger partial charge in [-0.3, -0.25) is 10.2 Å². The second kappa shape index (κ2) is 13.1. The summed E-state index contributed by atoms with van der Waals surface area (Å²) < 4.78 is 19.2. The Morgan fingerprint density at radius 2 is 2.12 bits per heavy atom. The molecule has 0 spiro atoms. The maximum atomic E-state index is 14.3. The van der Waals surface area contributed by atoms with Gasteiger partial charge in [0.15, 0.2) is 0 Å². The Morgan fingerprint density at radius 1 is 1.44 bits per heavy atom. The van der Waals surface area contributed by atoms with Gasteiger partial charge in [-0.2, -0.15) is 0 Å². The van der Waals surface area contributed by atoms with Crippen molar-refractivity contribution < 1.29 is 13.9 Å². The molecule has 0 amide bonds. The van der Waals surface area contributed by atoms with Gasteiger partial charge < -0.3 is 25.6 Å². The van der Waals surface area contributed by atoms with Crippen molar-refractivity contribution in [3.8, 4) is 0 Å². The van der Waals surface area contributed by atoms with E-state index in [1.165, 1.54) is 11.0 Å². The molecule has 0 aliphatic heterocycles. The molecule has 0 aliphatic carbocycles. The smallest absolute Gasteiger partial charge is 0.293 e. The molecule has 7 nitrogen and oxygen atoms in total. The lowest BCUT2D eigenvalue weighted by Crippen LogP contribution is -2.36. The second-order valence-corrected chi connectivity index (χ2v) is 5.03. The minimum absolute atomic E-state index is 0.190. The molecule has 142 valence electrons. The van der Waals surface area contributed by atoms with Crippen LogP contribution >= 0.6 is 0 Å². The zero-order valence-electron chi connectivity index (χ0n) is 15.5. The number of likely N-dealkylation sites (N-methyl/N-ethyl adjacent to an activating group) is 2. The summed E-state index contributed by atoms with van der Waals surface area (Å²) in [4.78, 5) is 13.7. The van der Waals surface area contributed by atoms with Crippen LogP contribution in [-0.4, -0.2) is 59.2 Å². The average Bonchev–Trinajstić information content (AvgIpc) is 2.64. The van der Waals surface area contributed by atoms with Gasteiger partial charge in [0.05, 0.1) is 18.6 Å². The van der Waals surface area contributed by atoms with E-state index in [2.05, 4.69) is 5.32 Å². The number of hydrogen-bond acceptors (Lipinski definition) is 6. The van der Waals surface area contributed by atoms with E-state index < -0.39 is 11.9 Å². The van der Waals surface area contributed by atoms with E-state index in [-0.39, 0.29) is 6.54 Å². The highest BCUT2D eigenvalue weighted by Gasteiger charge is 2.14. The molecular formula is C17H30FN5O2. The van der Waals surface area contributed by atoms with Crippen molar-refractivity contribution in [3.05, 3.63) is 24.0 Å². The number of nitrogens with one attached hydrogen (secondary N) is 2. The molecule has 1 unspecified atom stereocenters. The molecule has 1 aromatic carbocycles. The van der Waals surface area contributed by atoms with Gasteiger partial charge in [0.1, 0.15) is 11.9 Å². The fraction of sp³-hybridized carbons (Fsp3) is 0.529. The van der Waals surface area contributed by atoms with E-state index in [9.17, 15) is 9.18 Å². The number of nitrogens with two attached hydrogens (primary N) is 1. The van der Waals surface area contributed by atoms with Gasteiger partial charge >= 0.3 is 0 Å². The first-order chi connectivity index (χ1) is 12.1. The maximum absolute atomic E-state index is 14.3. The van der Waals surface area contributed by atoms with E-state index in [0.717, 1.165) is 6.34 Å². The van der Waals surface area contributed by atoms with E-state index in [1.807, 2.05) is 13.8 Å². The van der Waals surface area contributed by atoms with Crippen molar-refractivity contribution in [1.29, 1.82) is 5.41 Å². The largest absolute Gasteiger partial charge is 0.461 e. The molecule has 0 saturated carbocycles. The first-order valence-corrected chi connectivity index (χ1v) is 8.29. The number of rotatable bonds is 11. The van der Waals surface area contributed by atoms with E-state index in [4.69, 9.17) is 15.9 Å². The zero-order valence-corrected chi connectivity index (χ0v) is 15.5. The van der Waals surface area contributed by atoms with Crippen LogP contribution in [0.4, 0.5) is 15.8 Å². The lowest BCUT2D eigenvalue weighted by Gasteiger charge is -2.25. The maximum Gasteiger partial charge on any atom is 0.293 e. The Labute approximate surface area is 149 Å². The van der Waals surface area contributed by atoms with Crippen molar-refractivity contribution in [2.45, 2.75) is 20.0 Å². The Bertz CT molecular complexity index is 516. The fourth-order valence-electron chi connectivity index (χ4n) is 2.12. The minimum atomic E-state index is -0.450. The third-order valence-electron chi connectivity index (χ3n) is 3.43. The summed E-state index contributed by atoms with van der Waals surface area (Å²) in [5, 5.41) is 10.4. The van der Waals surface area contributed by atoms with Crippen molar-refractivity contribution in [3.63, 3.8) is 0 Å². The van der Waals surface area contributed by atoms with Crippen LogP contribution in [0, 0.1) is 11.2 Å². The molecule has 0 heterocycles. The van der Waals surface area contributed by atoms with Gasteiger partial charge in [0.25, 0.3) is 6.47 Å². The Hall–Kier alpha value is -2.19. The Morgan fingerprint density at radius 3 is 2.60 bits per heavy atom. The fourth-order valence-corrected chi connectivity index (χ4v) is 2.12. The number of halogens is 1. The highest BCUT2D eigenvalue weighted by atomic mass is 19.1. The molecular weight excluding hydrogens is 325 g/mol. The summed E-state index contributed by atoms with van der Waals surface area (Å²) in [5.41, 5.74) is 6.50. The Balaban J connectivity index is 0.00000277. The van der Waals surface area contributed by atoms with Gasteiger partial charge in [0.2, 0.25) is 0 Å². The first-order valence-electron chi connectivity index (χ1n) is 8.29. The average molecular weight is 355 g/mol. The molecule has 1 rings (SSSR count). The molecule has 25 heavy (non-hydrogen) atoms. The lowest BCUT2D eigenvalue weighted by molar-refractivity contribution is -0.132. The van der Waals surface area contributed by atoms with Crippen LogP contribution in [0.15, 0.2) is 18.2 Å². The van der Waals surface area contributed by atoms with Crippen LogP contribution in [0.2, 0.25) is 0 Å². The summed E-state index contributed by atoms with van der Waals surface area (Å²) in [5.74, 6) is -0.422. The summed E-state index contributed by atoms with van der Waals surface area (Å²) in [6.07, 6.45) is 0.649. The van der Waals surface area contributed by atoms with Crippen LogP contribution in [0.3, 0.4) is 0 Å². The molecule has 1 aromatic rings. The number of carbonyl (C=O) groups excluding carboxylic acids is 1. The molecule has 0 aliphatic rings. The zero-order chi connectivity index (χ0) is 19.2. The van der Waals surface area contributed by atoms with E-state index >= 15 is 0 Å².